The molecule has 0 unspecified atom stereocenters. The molecule has 1 aromatic heterocycles. The van der Waals surface area contributed by atoms with Crippen LogP contribution >= 0.6 is 0 Å². The molecule has 2 aromatic rings. The lowest BCUT2D eigenvalue weighted by Gasteiger charge is -2.37. The van der Waals surface area contributed by atoms with Gasteiger partial charge in [0.05, 0.1) is 23.7 Å². The smallest absolute Gasteiger partial charge is 0.130 e. The van der Waals surface area contributed by atoms with Crippen LogP contribution in [0.25, 0.3) is 11.0 Å². The number of hydrogen-bond donors (Lipinski definition) is 1. The van der Waals surface area contributed by atoms with E-state index < -0.39 is 0 Å². The van der Waals surface area contributed by atoms with E-state index in [4.69, 9.17) is 15.5 Å². The maximum absolute atomic E-state index is 6.51. The summed E-state index contributed by atoms with van der Waals surface area (Å²) in [6.07, 6.45) is 5.83. The second kappa shape index (κ2) is 3.73. The first kappa shape index (κ1) is 11.3. The monoisotopic (exact) mass is 257 g/mol. The Balaban J connectivity index is 1.93. The first-order valence-corrected chi connectivity index (χ1v) is 7.07. The van der Waals surface area contributed by atoms with Crippen LogP contribution in [-0.4, -0.2) is 16.7 Å². The zero-order valence-electron chi connectivity index (χ0n) is 11.2. The van der Waals surface area contributed by atoms with Gasteiger partial charge in [-0.2, -0.15) is 0 Å². The van der Waals surface area contributed by atoms with E-state index in [2.05, 4.69) is 10.6 Å². The number of nitrogens with zero attached hydrogens (tertiary/aromatic N) is 2. The zero-order chi connectivity index (χ0) is 13.0. The van der Waals surface area contributed by atoms with Crippen molar-refractivity contribution in [1.29, 1.82) is 0 Å². The van der Waals surface area contributed by atoms with Gasteiger partial charge in [0.1, 0.15) is 11.6 Å². The fraction of sp³-hybridized carbons (Fsp3) is 0.533. The summed E-state index contributed by atoms with van der Waals surface area (Å²) < 4.78 is 7.68. The van der Waals surface area contributed by atoms with Gasteiger partial charge in [-0.1, -0.05) is 0 Å². The maximum Gasteiger partial charge on any atom is 0.130 e. The normalized spacial score (nSPS) is 21.4. The van der Waals surface area contributed by atoms with Gasteiger partial charge in [0.25, 0.3) is 0 Å². The Morgan fingerprint density at radius 2 is 2.16 bits per heavy atom. The van der Waals surface area contributed by atoms with Gasteiger partial charge in [0.15, 0.2) is 0 Å². The lowest BCUT2D eigenvalue weighted by molar-refractivity contribution is 0.231. The Morgan fingerprint density at radius 3 is 2.74 bits per heavy atom. The van der Waals surface area contributed by atoms with Crippen molar-refractivity contribution in [3.8, 4) is 5.75 Å². The third-order valence-electron chi connectivity index (χ3n) is 4.50. The molecular weight excluding hydrogens is 238 g/mol. The summed E-state index contributed by atoms with van der Waals surface area (Å²) >= 11 is 0. The van der Waals surface area contributed by atoms with E-state index in [0.717, 1.165) is 29.9 Å². The molecule has 2 aliphatic carbocycles. The Labute approximate surface area is 112 Å². The van der Waals surface area contributed by atoms with Crippen LogP contribution in [0.3, 0.4) is 0 Å². The van der Waals surface area contributed by atoms with Gasteiger partial charge in [0.2, 0.25) is 0 Å². The fourth-order valence-corrected chi connectivity index (χ4v) is 3.04. The summed E-state index contributed by atoms with van der Waals surface area (Å²) in [6, 6.07) is 6.75. The van der Waals surface area contributed by atoms with E-state index in [-0.39, 0.29) is 5.54 Å². The molecule has 0 radical (unpaired) electrons. The van der Waals surface area contributed by atoms with E-state index in [1.54, 1.807) is 7.11 Å². The molecule has 2 aliphatic rings. The molecule has 0 bridgehead atoms. The van der Waals surface area contributed by atoms with E-state index in [1.165, 1.54) is 24.8 Å². The standard InChI is InChI=1S/C15H19N3O/c1-19-11-5-6-13-12(9-11)17-14(15(16)7-2-8-15)18(13)10-3-4-10/h5-6,9-10H,2-4,7-8,16H2,1H3. The van der Waals surface area contributed by atoms with Crippen molar-refractivity contribution in [1.82, 2.24) is 9.55 Å². The number of ether oxygens (including phenoxy) is 1. The number of benzene rings is 1. The van der Waals surface area contributed by atoms with Gasteiger partial charge in [-0.3, -0.25) is 0 Å². The minimum absolute atomic E-state index is 0.200. The number of nitrogens with two attached hydrogens (primary N) is 1. The Hall–Kier alpha value is -1.55. The van der Waals surface area contributed by atoms with Crippen LogP contribution in [0.2, 0.25) is 0 Å². The van der Waals surface area contributed by atoms with Gasteiger partial charge in [-0.15, -0.1) is 0 Å². The second-order valence-corrected chi connectivity index (χ2v) is 5.90. The highest BCUT2D eigenvalue weighted by Crippen LogP contribution is 2.45. The largest absolute Gasteiger partial charge is 0.497 e. The van der Waals surface area contributed by atoms with Crippen molar-refractivity contribution in [2.45, 2.75) is 43.7 Å². The molecule has 4 heteroatoms. The quantitative estimate of drug-likeness (QED) is 0.919. The third-order valence-corrected chi connectivity index (χ3v) is 4.50. The number of aromatic nitrogens is 2. The molecule has 0 saturated heterocycles. The van der Waals surface area contributed by atoms with Crippen LogP contribution in [0.5, 0.6) is 5.75 Å². The lowest BCUT2D eigenvalue weighted by Crippen LogP contribution is -2.45. The molecule has 4 rings (SSSR count). The number of methoxy groups -OCH3 is 1. The van der Waals surface area contributed by atoms with Crippen LogP contribution in [-0.2, 0) is 5.54 Å². The summed E-state index contributed by atoms with van der Waals surface area (Å²) in [4.78, 5) is 4.83. The van der Waals surface area contributed by atoms with Crippen LogP contribution in [0.4, 0.5) is 0 Å². The SMILES string of the molecule is COc1ccc2c(c1)nc(C1(N)CCC1)n2C1CC1. The van der Waals surface area contributed by atoms with E-state index >= 15 is 0 Å². The first-order chi connectivity index (χ1) is 9.21. The second-order valence-electron chi connectivity index (χ2n) is 5.90. The molecule has 0 aliphatic heterocycles. The highest BCUT2D eigenvalue weighted by Gasteiger charge is 2.41. The van der Waals surface area contributed by atoms with Crippen LogP contribution < -0.4 is 10.5 Å². The number of rotatable bonds is 3. The number of hydrogen-bond acceptors (Lipinski definition) is 3. The topological polar surface area (TPSA) is 53.1 Å². The van der Waals surface area contributed by atoms with Crippen molar-refractivity contribution in [2.75, 3.05) is 7.11 Å². The molecule has 0 atom stereocenters. The molecule has 0 amide bonds. The predicted molar refractivity (Wildman–Crippen MR) is 74.3 cm³/mol. The van der Waals surface area contributed by atoms with Crippen molar-refractivity contribution >= 4 is 11.0 Å². The minimum Gasteiger partial charge on any atom is -0.497 e. The van der Waals surface area contributed by atoms with Gasteiger partial charge < -0.3 is 15.0 Å². The Kier molecular flexibility index (Phi) is 2.22. The average Bonchev–Trinajstić information content (AvgIpc) is 3.15. The van der Waals surface area contributed by atoms with Gasteiger partial charge in [-0.25, -0.2) is 4.98 Å². The van der Waals surface area contributed by atoms with Crippen molar-refractivity contribution in [2.24, 2.45) is 5.73 Å². The highest BCUT2D eigenvalue weighted by atomic mass is 16.5. The summed E-state index contributed by atoms with van der Waals surface area (Å²) in [5.41, 5.74) is 8.53. The minimum atomic E-state index is -0.200. The van der Waals surface area contributed by atoms with Gasteiger partial charge in [0, 0.05) is 12.1 Å². The van der Waals surface area contributed by atoms with Gasteiger partial charge in [-0.05, 0) is 44.2 Å². The summed E-state index contributed by atoms with van der Waals surface area (Å²) in [6.45, 7) is 0. The van der Waals surface area contributed by atoms with Crippen LogP contribution in [0.15, 0.2) is 18.2 Å². The lowest BCUT2D eigenvalue weighted by atomic mass is 9.77. The Morgan fingerprint density at radius 1 is 1.37 bits per heavy atom. The van der Waals surface area contributed by atoms with Crippen LogP contribution in [0, 0.1) is 0 Å². The van der Waals surface area contributed by atoms with Crippen LogP contribution in [0.1, 0.15) is 44.0 Å². The molecule has 2 fully saturated rings. The van der Waals surface area contributed by atoms with Crippen molar-refractivity contribution in [3.63, 3.8) is 0 Å². The summed E-state index contributed by atoms with van der Waals surface area (Å²) in [5, 5.41) is 0. The average molecular weight is 257 g/mol. The molecule has 19 heavy (non-hydrogen) atoms. The van der Waals surface area contributed by atoms with E-state index in [0.29, 0.717) is 6.04 Å². The predicted octanol–water partition coefficient (Wildman–Crippen LogP) is 2.72. The third kappa shape index (κ3) is 1.59. The van der Waals surface area contributed by atoms with Crippen molar-refractivity contribution < 1.29 is 4.74 Å². The number of fused-ring (bicyclic) bond motifs is 1. The van der Waals surface area contributed by atoms with E-state index in [1.807, 2.05) is 12.1 Å². The fourth-order valence-electron chi connectivity index (χ4n) is 3.04. The Bertz CT molecular complexity index is 638. The maximum atomic E-state index is 6.51. The molecule has 4 nitrogen and oxygen atoms in total. The molecule has 100 valence electrons. The molecular formula is C15H19N3O. The molecule has 0 spiro atoms. The highest BCUT2D eigenvalue weighted by molar-refractivity contribution is 5.78. The molecule has 1 aromatic carbocycles. The zero-order valence-corrected chi connectivity index (χ0v) is 11.2. The number of imidazole rings is 1. The molecule has 1 heterocycles. The first-order valence-electron chi connectivity index (χ1n) is 7.07. The molecule has 2 saturated carbocycles. The van der Waals surface area contributed by atoms with E-state index in [9.17, 15) is 0 Å². The molecule has 2 N–H and O–H groups in total. The van der Waals surface area contributed by atoms with Crippen molar-refractivity contribution in [3.05, 3.63) is 24.0 Å². The summed E-state index contributed by atoms with van der Waals surface area (Å²) in [7, 11) is 1.69. The van der Waals surface area contributed by atoms with Gasteiger partial charge >= 0.3 is 0 Å². The summed E-state index contributed by atoms with van der Waals surface area (Å²) in [5.74, 6) is 1.95.